The van der Waals surface area contributed by atoms with Crippen molar-refractivity contribution in [3.8, 4) is 17.2 Å². The highest BCUT2D eigenvalue weighted by Crippen LogP contribution is 2.38. The molecule has 1 aromatic rings. The van der Waals surface area contributed by atoms with Crippen molar-refractivity contribution >= 4 is 11.9 Å². The Hall–Kier alpha value is -2.44. The predicted molar refractivity (Wildman–Crippen MR) is 75.0 cm³/mol. The van der Waals surface area contributed by atoms with Gasteiger partial charge in [-0.1, -0.05) is 0 Å². The molecular formula is C14H19NO6. The minimum absolute atomic E-state index is 0.278. The highest BCUT2D eigenvalue weighted by atomic mass is 16.5. The molecule has 1 rings (SSSR count). The second-order valence-corrected chi connectivity index (χ2v) is 4.13. The Morgan fingerprint density at radius 1 is 1.00 bits per heavy atom. The van der Waals surface area contributed by atoms with Crippen LogP contribution in [0.1, 0.15) is 17.3 Å². The van der Waals surface area contributed by atoms with Crippen LogP contribution in [0.5, 0.6) is 17.2 Å². The summed E-state index contributed by atoms with van der Waals surface area (Å²) in [7, 11) is 5.63. The second-order valence-electron chi connectivity index (χ2n) is 4.13. The number of amides is 1. The molecule has 0 radical (unpaired) electrons. The monoisotopic (exact) mass is 297 g/mol. The maximum atomic E-state index is 12.1. The van der Waals surface area contributed by atoms with Crippen molar-refractivity contribution < 1.29 is 28.5 Å². The smallest absolute Gasteiger partial charge is 0.328 e. The van der Waals surface area contributed by atoms with Crippen LogP contribution in [0, 0.1) is 0 Å². The highest BCUT2D eigenvalue weighted by Gasteiger charge is 2.20. The number of benzene rings is 1. The lowest BCUT2D eigenvalue weighted by Gasteiger charge is -2.15. The Kier molecular flexibility index (Phi) is 5.83. The van der Waals surface area contributed by atoms with E-state index in [2.05, 4.69) is 10.1 Å². The van der Waals surface area contributed by atoms with Crippen LogP contribution in [-0.4, -0.2) is 46.4 Å². The molecule has 7 nitrogen and oxygen atoms in total. The Morgan fingerprint density at radius 2 is 1.52 bits per heavy atom. The zero-order chi connectivity index (χ0) is 16.0. The zero-order valence-electron chi connectivity index (χ0n) is 12.7. The molecule has 0 saturated carbocycles. The number of hydrogen-bond acceptors (Lipinski definition) is 6. The first-order valence-electron chi connectivity index (χ1n) is 6.17. The van der Waals surface area contributed by atoms with Crippen LogP contribution in [0.25, 0.3) is 0 Å². The minimum Gasteiger partial charge on any atom is -0.493 e. The maximum Gasteiger partial charge on any atom is 0.328 e. The largest absolute Gasteiger partial charge is 0.493 e. The summed E-state index contributed by atoms with van der Waals surface area (Å²) < 4.78 is 20.1. The van der Waals surface area contributed by atoms with Gasteiger partial charge in [-0.3, -0.25) is 4.79 Å². The van der Waals surface area contributed by atoms with Crippen LogP contribution in [0.3, 0.4) is 0 Å². The first-order valence-corrected chi connectivity index (χ1v) is 6.17. The molecule has 0 fully saturated rings. The molecule has 0 bridgehead atoms. The molecule has 116 valence electrons. The number of carbonyl (C=O) groups is 2. The van der Waals surface area contributed by atoms with Gasteiger partial charge in [0.1, 0.15) is 6.04 Å². The van der Waals surface area contributed by atoms with Crippen LogP contribution in [0.4, 0.5) is 0 Å². The molecule has 0 aliphatic carbocycles. The molecule has 1 aromatic carbocycles. The molecule has 21 heavy (non-hydrogen) atoms. The molecular weight excluding hydrogens is 278 g/mol. The van der Waals surface area contributed by atoms with Gasteiger partial charge in [0, 0.05) is 5.56 Å². The fraction of sp³-hybridized carbons (Fsp3) is 0.429. The Bertz CT molecular complexity index is 503. The molecule has 0 spiro atoms. The Morgan fingerprint density at radius 3 is 1.90 bits per heavy atom. The van der Waals surface area contributed by atoms with Crippen LogP contribution >= 0.6 is 0 Å². The van der Waals surface area contributed by atoms with E-state index >= 15 is 0 Å². The molecule has 0 aliphatic rings. The lowest BCUT2D eigenvalue weighted by Crippen LogP contribution is -2.39. The summed E-state index contributed by atoms with van der Waals surface area (Å²) in [5.41, 5.74) is 0.278. The van der Waals surface area contributed by atoms with E-state index in [4.69, 9.17) is 14.2 Å². The summed E-state index contributed by atoms with van der Waals surface area (Å²) in [6.45, 7) is 1.53. The van der Waals surface area contributed by atoms with Crippen molar-refractivity contribution in [2.24, 2.45) is 0 Å². The van der Waals surface area contributed by atoms with Crippen molar-refractivity contribution in [1.29, 1.82) is 0 Å². The standard InChI is InChI=1S/C14H19NO6/c1-8(14(17)21-5)15-13(16)9-6-10(18-2)12(20-4)11(7-9)19-3/h6-8H,1-5H3,(H,15,16)/t8-/m1/s1. The van der Waals surface area contributed by atoms with E-state index in [0.29, 0.717) is 17.2 Å². The van der Waals surface area contributed by atoms with Crippen LogP contribution in [0.15, 0.2) is 12.1 Å². The van der Waals surface area contributed by atoms with E-state index in [1.54, 1.807) is 0 Å². The van der Waals surface area contributed by atoms with E-state index in [0.717, 1.165) is 0 Å². The minimum atomic E-state index is -0.762. The van der Waals surface area contributed by atoms with Gasteiger partial charge in [-0.05, 0) is 19.1 Å². The van der Waals surface area contributed by atoms with Gasteiger partial charge < -0.3 is 24.3 Å². The third-order valence-corrected chi connectivity index (χ3v) is 2.83. The molecule has 7 heteroatoms. The van der Waals surface area contributed by atoms with E-state index < -0.39 is 17.9 Å². The number of hydrogen-bond donors (Lipinski definition) is 1. The highest BCUT2D eigenvalue weighted by molar-refractivity contribution is 5.97. The summed E-state index contributed by atoms with van der Waals surface area (Å²) in [6.07, 6.45) is 0. The fourth-order valence-electron chi connectivity index (χ4n) is 1.73. The summed E-state index contributed by atoms with van der Waals surface area (Å²) in [5, 5.41) is 2.52. The number of ether oxygens (including phenoxy) is 4. The van der Waals surface area contributed by atoms with Gasteiger partial charge in [-0.25, -0.2) is 4.79 Å². The molecule has 0 aliphatic heterocycles. The van der Waals surface area contributed by atoms with Gasteiger partial charge >= 0.3 is 5.97 Å². The van der Waals surface area contributed by atoms with Crippen molar-refractivity contribution in [2.75, 3.05) is 28.4 Å². The molecule has 1 N–H and O–H groups in total. The van der Waals surface area contributed by atoms with Crippen molar-refractivity contribution in [3.63, 3.8) is 0 Å². The van der Waals surface area contributed by atoms with E-state index in [-0.39, 0.29) is 5.56 Å². The zero-order valence-corrected chi connectivity index (χ0v) is 12.7. The Labute approximate surface area is 123 Å². The van der Waals surface area contributed by atoms with E-state index in [1.165, 1.54) is 47.5 Å². The summed E-state index contributed by atoms with van der Waals surface area (Å²) in [5.74, 6) is 0.112. The molecule has 0 heterocycles. The fourth-order valence-corrected chi connectivity index (χ4v) is 1.73. The average molecular weight is 297 g/mol. The molecule has 1 atom stereocenters. The Balaban J connectivity index is 3.07. The summed E-state index contributed by atoms with van der Waals surface area (Å²) >= 11 is 0. The average Bonchev–Trinajstić information content (AvgIpc) is 2.51. The number of esters is 1. The van der Waals surface area contributed by atoms with Gasteiger partial charge in [0.15, 0.2) is 11.5 Å². The van der Waals surface area contributed by atoms with Crippen LogP contribution in [-0.2, 0) is 9.53 Å². The van der Waals surface area contributed by atoms with E-state index in [9.17, 15) is 9.59 Å². The molecule has 0 aromatic heterocycles. The topological polar surface area (TPSA) is 83.1 Å². The van der Waals surface area contributed by atoms with Gasteiger partial charge in [-0.15, -0.1) is 0 Å². The molecule has 1 amide bonds. The third kappa shape index (κ3) is 3.77. The second kappa shape index (κ2) is 7.37. The van der Waals surface area contributed by atoms with Gasteiger partial charge in [0.2, 0.25) is 5.75 Å². The number of rotatable bonds is 6. The maximum absolute atomic E-state index is 12.1. The SMILES string of the molecule is COC(=O)[C@@H](C)NC(=O)c1cc(OC)c(OC)c(OC)c1. The third-order valence-electron chi connectivity index (χ3n) is 2.83. The van der Waals surface area contributed by atoms with Gasteiger partial charge in [-0.2, -0.15) is 0 Å². The lowest BCUT2D eigenvalue weighted by atomic mass is 10.1. The van der Waals surface area contributed by atoms with Crippen LogP contribution < -0.4 is 19.5 Å². The van der Waals surface area contributed by atoms with Crippen LogP contribution in [0.2, 0.25) is 0 Å². The number of methoxy groups -OCH3 is 4. The molecule has 0 saturated heterocycles. The quantitative estimate of drug-likeness (QED) is 0.789. The first kappa shape index (κ1) is 16.6. The summed E-state index contributed by atoms with van der Waals surface area (Å²) in [6, 6.07) is 2.24. The van der Waals surface area contributed by atoms with Crippen molar-refractivity contribution in [3.05, 3.63) is 17.7 Å². The summed E-state index contributed by atoms with van der Waals surface area (Å²) in [4.78, 5) is 23.5. The van der Waals surface area contributed by atoms with Gasteiger partial charge in [0.25, 0.3) is 5.91 Å². The number of nitrogens with one attached hydrogen (secondary N) is 1. The van der Waals surface area contributed by atoms with E-state index in [1.807, 2.05) is 0 Å². The predicted octanol–water partition coefficient (Wildman–Crippen LogP) is 1.00. The normalized spacial score (nSPS) is 11.3. The molecule has 0 unspecified atom stereocenters. The first-order chi connectivity index (χ1) is 9.98. The van der Waals surface area contributed by atoms with Crippen molar-refractivity contribution in [2.45, 2.75) is 13.0 Å². The van der Waals surface area contributed by atoms with Crippen molar-refractivity contribution in [1.82, 2.24) is 5.32 Å². The van der Waals surface area contributed by atoms with Gasteiger partial charge in [0.05, 0.1) is 28.4 Å². The number of carbonyl (C=O) groups excluding carboxylic acids is 2. The lowest BCUT2D eigenvalue weighted by molar-refractivity contribution is -0.142.